The first-order valence-corrected chi connectivity index (χ1v) is 9.27. The molecule has 0 saturated heterocycles. The zero-order valence-electron chi connectivity index (χ0n) is 15.6. The first-order chi connectivity index (χ1) is 13.7. The van der Waals surface area contributed by atoms with Gasteiger partial charge in [-0.3, -0.25) is 0 Å². The van der Waals surface area contributed by atoms with Gasteiger partial charge in [-0.1, -0.05) is 23.7 Å². The van der Waals surface area contributed by atoms with Gasteiger partial charge in [-0.15, -0.1) is 5.10 Å². The lowest BCUT2D eigenvalue weighted by molar-refractivity contribution is 0.197. The van der Waals surface area contributed by atoms with E-state index in [0.717, 1.165) is 30.0 Å². The molecule has 3 aromatic rings. The third kappa shape index (κ3) is 6.37. The van der Waals surface area contributed by atoms with E-state index in [0.29, 0.717) is 30.0 Å². The third-order valence-corrected chi connectivity index (χ3v) is 4.07. The highest BCUT2D eigenvalue weighted by Crippen LogP contribution is 2.20. The van der Waals surface area contributed by atoms with Crippen LogP contribution in [0.1, 0.15) is 12.0 Å². The minimum absolute atomic E-state index is 0.423. The van der Waals surface area contributed by atoms with Crippen LogP contribution in [0.5, 0.6) is 5.75 Å². The van der Waals surface area contributed by atoms with Crippen LogP contribution in [0, 0.1) is 0 Å². The molecule has 0 amide bonds. The van der Waals surface area contributed by atoms with Gasteiger partial charge in [0.05, 0.1) is 6.20 Å². The minimum atomic E-state index is 0.423. The highest BCUT2D eigenvalue weighted by Gasteiger charge is 2.02. The van der Waals surface area contributed by atoms with Crippen LogP contribution in [-0.4, -0.2) is 35.4 Å². The number of aromatic nitrogens is 3. The first kappa shape index (κ1) is 19.9. The molecule has 0 saturated carbocycles. The average molecular weight is 400 g/mol. The van der Waals surface area contributed by atoms with E-state index in [1.807, 2.05) is 48.5 Å². The van der Waals surface area contributed by atoms with Gasteiger partial charge in [0.15, 0.2) is 5.82 Å². The highest BCUT2D eigenvalue weighted by molar-refractivity contribution is 6.30. The predicted molar refractivity (Wildman–Crippen MR) is 110 cm³/mol. The maximum atomic E-state index is 5.89. The second-order valence-electron chi connectivity index (χ2n) is 6.00. The zero-order chi connectivity index (χ0) is 19.6. The van der Waals surface area contributed by atoms with Gasteiger partial charge in [0, 0.05) is 31.0 Å². The Morgan fingerprint density at radius 2 is 1.82 bits per heavy atom. The molecule has 8 heteroatoms. The smallest absolute Gasteiger partial charge is 0.249 e. The Labute approximate surface area is 169 Å². The van der Waals surface area contributed by atoms with E-state index in [1.165, 1.54) is 0 Å². The van der Waals surface area contributed by atoms with Crippen molar-refractivity contribution in [1.82, 2.24) is 15.2 Å². The summed E-state index contributed by atoms with van der Waals surface area (Å²) in [4.78, 5) is 4.39. The summed E-state index contributed by atoms with van der Waals surface area (Å²) in [7, 11) is 1.68. The Kier molecular flexibility index (Phi) is 7.40. The van der Waals surface area contributed by atoms with Gasteiger partial charge < -0.3 is 20.1 Å². The van der Waals surface area contributed by atoms with Crippen molar-refractivity contribution in [3.8, 4) is 5.75 Å². The van der Waals surface area contributed by atoms with E-state index in [9.17, 15) is 0 Å². The second-order valence-corrected chi connectivity index (χ2v) is 6.44. The van der Waals surface area contributed by atoms with Crippen LogP contribution in [0.15, 0.2) is 54.7 Å². The fourth-order valence-corrected chi connectivity index (χ4v) is 2.51. The molecule has 2 aromatic carbocycles. The Bertz CT molecular complexity index is 859. The third-order valence-electron chi connectivity index (χ3n) is 3.82. The van der Waals surface area contributed by atoms with E-state index in [1.54, 1.807) is 13.3 Å². The standard InChI is InChI=1S/C20H22ClN5O2/c1-27-12-2-11-22-19-13-23-26-20(25-19)24-17-7-9-18(10-8-17)28-14-15-3-5-16(21)6-4-15/h3-10,13H,2,11-12,14H2,1H3,(H2,22,24,25,26). The van der Waals surface area contributed by atoms with Crippen LogP contribution in [0.4, 0.5) is 17.5 Å². The topological polar surface area (TPSA) is 81.2 Å². The zero-order valence-corrected chi connectivity index (χ0v) is 16.3. The molecule has 0 atom stereocenters. The van der Waals surface area contributed by atoms with Gasteiger partial charge in [0.2, 0.25) is 5.95 Å². The van der Waals surface area contributed by atoms with Gasteiger partial charge in [0.1, 0.15) is 12.4 Å². The fourth-order valence-electron chi connectivity index (χ4n) is 2.39. The summed E-state index contributed by atoms with van der Waals surface area (Å²) in [5.74, 6) is 1.86. The molecule has 0 bridgehead atoms. The van der Waals surface area contributed by atoms with Gasteiger partial charge >= 0.3 is 0 Å². The Balaban J connectivity index is 1.51. The summed E-state index contributed by atoms with van der Waals surface area (Å²) in [5, 5.41) is 15.0. The molecule has 0 unspecified atom stereocenters. The molecule has 0 aliphatic heterocycles. The van der Waals surface area contributed by atoms with Crippen LogP contribution in [-0.2, 0) is 11.3 Å². The van der Waals surface area contributed by atoms with Gasteiger partial charge in [0.25, 0.3) is 0 Å². The van der Waals surface area contributed by atoms with Crippen LogP contribution >= 0.6 is 11.6 Å². The first-order valence-electron chi connectivity index (χ1n) is 8.90. The van der Waals surface area contributed by atoms with Gasteiger partial charge in [-0.2, -0.15) is 10.1 Å². The average Bonchev–Trinajstić information content (AvgIpc) is 2.72. The number of ether oxygens (including phenoxy) is 2. The molecule has 0 aliphatic carbocycles. The summed E-state index contributed by atoms with van der Waals surface area (Å²) < 4.78 is 10.8. The van der Waals surface area contributed by atoms with Crippen molar-refractivity contribution < 1.29 is 9.47 Å². The van der Waals surface area contributed by atoms with Crippen molar-refractivity contribution >= 4 is 29.1 Å². The molecule has 0 aliphatic rings. The van der Waals surface area contributed by atoms with E-state index in [4.69, 9.17) is 21.1 Å². The Hall–Kier alpha value is -2.90. The number of anilines is 3. The van der Waals surface area contributed by atoms with Crippen LogP contribution in [0.25, 0.3) is 0 Å². The monoisotopic (exact) mass is 399 g/mol. The molecule has 0 spiro atoms. The van der Waals surface area contributed by atoms with E-state index in [-0.39, 0.29) is 0 Å². The quantitative estimate of drug-likeness (QED) is 0.492. The van der Waals surface area contributed by atoms with Crippen molar-refractivity contribution in [2.24, 2.45) is 0 Å². The molecule has 0 radical (unpaired) electrons. The maximum Gasteiger partial charge on any atom is 0.249 e. The number of halogens is 1. The summed E-state index contributed by atoms with van der Waals surface area (Å²) in [5.41, 5.74) is 1.90. The van der Waals surface area contributed by atoms with Crippen LogP contribution < -0.4 is 15.4 Å². The number of hydrogen-bond acceptors (Lipinski definition) is 7. The van der Waals surface area contributed by atoms with Crippen molar-refractivity contribution in [2.75, 3.05) is 30.9 Å². The SMILES string of the molecule is COCCCNc1cnnc(Nc2ccc(OCc3ccc(Cl)cc3)cc2)n1. The Morgan fingerprint density at radius 3 is 2.57 bits per heavy atom. The van der Waals surface area contributed by atoms with Crippen molar-refractivity contribution in [3.63, 3.8) is 0 Å². The molecule has 1 aromatic heterocycles. The van der Waals surface area contributed by atoms with Crippen LogP contribution in [0.2, 0.25) is 5.02 Å². The number of nitrogens with zero attached hydrogens (tertiary/aromatic N) is 3. The largest absolute Gasteiger partial charge is 0.489 e. The van der Waals surface area contributed by atoms with E-state index < -0.39 is 0 Å². The van der Waals surface area contributed by atoms with Crippen LogP contribution in [0.3, 0.4) is 0 Å². The molecule has 0 fully saturated rings. The lowest BCUT2D eigenvalue weighted by Crippen LogP contribution is -2.08. The van der Waals surface area contributed by atoms with E-state index in [2.05, 4.69) is 25.8 Å². The predicted octanol–water partition coefficient (Wildman–Crippen LogP) is 4.30. The number of methoxy groups -OCH3 is 1. The number of hydrogen-bond donors (Lipinski definition) is 2. The Morgan fingerprint density at radius 1 is 1.04 bits per heavy atom. The normalized spacial score (nSPS) is 10.5. The molecule has 7 nitrogen and oxygen atoms in total. The van der Waals surface area contributed by atoms with E-state index >= 15 is 0 Å². The summed E-state index contributed by atoms with van der Waals surface area (Å²) in [6.45, 7) is 1.93. The summed E-state index contributed by atoms with van der Waals surface area (Å²) in [6.07, 6.45) is 2.48. The molecular weight excluding hydrogens is 378 g/mol. The fraction of sp³-hybridized carbons (Fsp3) is 0.250. The van der Waals surface area contributed by atoms with Crippen molar-refractivity contribution in [1.29, 1.82) is 0 Å². The number of nitrogens with one attached hydrogen (secondary N) is 2. The summed E-state index contributed by atoms with van der Waals surface area (Å²) >= 11 is 5.89. The lowest BCUT2D eigenvalue weighted by Gasteiger charge is -2.09. The van der Waals surface area contributed by atoms with Crippen molar-refractivity contribution in [2.45, 2.75) is 13.0 Å². The lowest BCUT2D eigenvalue weighted by atomic mass is 10.2. The van der Waals surface area contributed by atoms with Crippen molar-refractivity contribution in [3.05, 3.63) is 65.3 Å². The second kappa shape index (κ2) is 10.4. The van der Waals surface area contributed by atoms with Gasteiger partial charge in [-0.05, 0) is 48.4 Å². The molecular formula is C20H22ClN5O2. The molecule has 146 valence electrons. The highest BCUT2D eigenvalue weighted by atomic mass is 35.5. The molecule has 28 heavy (non-hydrogen) atoms. The maximum absolute atomic E-state index is 5.89. The number of rotatable bonds is 10. The van der Waals surface area contributed by atoms with Gasteiger partial charge in [-0.25, -0.2) is 0 Å². The minimum Gasteiger partial charge on any atom is -0.489 e. The summed E-state index contributed by atoms with van der Waals surface area (Å²) in [6, 6.07) is 15.2. The number of benzene rings is 2. The molecule has 3 rings (SSSR count). The molecule has 2 N–H and O–H groups in total. The molecule has 1 heterocycles.